The van der Waals surface area contributed by atoms with E-state index in [4.69, 9.17) is 28.8 Å². The van der Waals surface area contributed by atoms with E-state index in [1.165, 1.54) is 0 Å². The minimum atomic E-state index is -1.08. The molecule has 8 aromatic carbocycles. The lowest BCUT2D eigenvalue weighted by molar-refractivity contribution is 1.18. The smallest absolute Gasteiger partial charge is 0.0645 e. The SMILES string of the molecule is [2H]c1cc(-c2c([2H])c([2H])c(-n3c4c([2H])c([2H])c([2H])c([2H])c4c4c([2H])c(-c5c([2H])c([2H])c6c(c5[2H])c5c([2H])c([2H])c([2H])c([2H])c5n6-c5c([2H])c([2H])c(-c6c([2H])c([2H])c([2H])c([2H])c6[2H])c([2H])c5[2H])c([2H])c([2H])c43)c([2H])c2[2H])c([2H])c([2H])c1[2H]. The van der Waals surface area contributed by atoms with E-state index in [-0.39, 0.29) is 0 Å². The molecular weight excluding hydrogens is 605 g/mol. The Balaban J connectivity index is 1.36. The number of fused-ring (bicyclic) bond motifs is 6. The fourth-order valence-corrected chi connectivity index (χ4v) is 5.61. The lowest BCUT2D eigenvalue weighted by atomic mass is 10.0. The minimum absolute atomic E-state index is 0.448. The Labute approximate surface area is 334 Å². The number of hydrogen-bond acceptors (Lipinski definition) is 0. The van der Waals surface area contributed by atoms with Gasteiger partial charge in [-0.05, 0) is 93.8 Å². The summed E-state index contributed by atoms with van der Waals surface area (Å²) >= 11 is 0. The fourth-order valence-electron chi connectivity index (χ4n) is 5.61. The predicted molar refractivity (Wildman–Crippen MR) is 211 cm³/mol. The highest BCUT2D eigenvalue weighted by atomic mass is 15.0. The van der Waals surface area contributed by atoms with Crippen molar-refractivity contribution in [3.63, 3.8) is 0 Å². The molecule has 10 aromatic rings. The largest absolute Gasteiger partial charge is 0.309 e. The molecule has 0 bridgehead atoms. The van der Waals surface area contributed by atoms with Crippen LogP contribution in [0.2, 0.25) is 0 Å². The summed E-state index contributed by atoms with van der Waals surface area (Å²) in [6, 6.07) is -27.8. The predicted octanol–water partition coefficient (Wildman–Crippen LogP) is 12.9. The Bertz CT molecular complexity index is 4560. The van der Waals surface area contributed by atoms with E-state index in [2.05, 4.69) is 0 Å². The summed E-state index contributed by atoms with van der Waals surface area (Å²) in [7, 11) is 0. The molecule has 0 aliphatic rings. The molecule has 0 fully saturated rings. The average molecular weight is 668 g/mol. The summed E-state index contributed by atoms with van der Waals surface area (Å²) in [6.45, 7) is 0. The van der Waals surface area contributed by atoms with Gasteiger partial charge in [0.25, 0.3) is 0 Å². The summed E-state index contributed by atoms with van der Waals surface area (Å²) in [4.78, 5) is 0. The third kappa shape index (κ3) is 4.57. The molecule has 0 radical (unpaired) electrons. The summed E-state index contributed by atoms with van der Waals surface area (Å²) in [5.74, 6) is 0. The van der Waals surface area contributed by atoms with Crippen LogP contribution in [0.3, 0.4) is 0 Å². The molecule has 234 valence electrons. The van der Waals surface area contributed by atoms with Crippen molar-refractivity contribution in [3.8, 4) is 44.8 Å². The molecule has 0 unspecified atom stereocenters. The highest BCUT2D eigenvalue weighted by Crippen LogP contribution is 2.38. The number of benzene rings is 8. The van der Waals surface area contributed by atoms with Crippen molar-refractivity contribution in [3.05, 3.63) is 193 Å². The van der Waals surface area contributed by atoms with Crippen molar-refractivity contribution in [1.82, 2.24) is 9.13 Å². The molecule has 2 heterocycles. The maximum Gasteiger partial charge on any atom is 0.0645 e. The van der Waals surface area contributed by atoms with E-state index >= 15 is 0 Å². The summed E-state index contributed by atoms with van der Waals surface area (Å²) in [6.07, 6.45) is 0. The van der Waals surface area contributed by atoms with Crippen LogP contribution in [0.25, 0.3) is 88.4 Å². The van der Waals surface area contributed by atoms with Gasteiger partial charge >= 0.3 is 0 Å². The zero-order valence-electron chi connectivity index (χ0n) is 56.0. The molecule has 50 heavy (non-hydrogen) atoms. The van der Waals surface area contributed by atoms with Gasteiger partial charge in [-0.25, -0.2) is 0 Å². The monoisotopic (exact) mass is 667 g/mol. The molecule has 0 spiro atoms. The van der Waals surface area contributed by atoms with Crippen LogP contribution in [0.1, 0.15) is 42.5 Å². The summed E-state index contributed by atoms with van der Waals surface area (Å²) in [5, 5.41) is -2.55. The third-order valence-electron chi connectivity index (χ3n) is 7.80. The lowest BCUT2D eigenvalue weighted by Gasteiger charge is -2.11. The van der Waals surface area contributed by atoms with Gasteiger partial charge in [0.2, 0.25) is 0 Å². The molecule has 2 aromatic heterocycles. The van der Waals surface area contributed by atoms with Crippen LogP contribution in [0.5, 0.6) is 0 Å². The third-order valence-corrected chi connectivity index (χ3v) is 7.80. The molecule has 0 saturated heterocycles. The van der Waals surface area contributed by atoms with Crippen molar-refractivity contribution in [2.45, 2.75) is 0 Å². The van der Waals surface area contributed by atoms with Gasteiger partial charge in [0.15, 0.2) is 0 Å². The topological polar surface area (TPSA) is 9.86 Å². The van der Waals surface area contributed by atoms with Crippen molar-refractivity contribution in [2.75, 3.05) is 0 Å². The second-order valence-electron chi connectivity index (χ2n) is 10.6. The summed E-state index contributed by atoms with van der Waals surface area (Å²) in [5.41, 5.74) is -8.70. The molecule has 0 amide bonds. The molecular formula is C48H32N2. The van der Waals surface area contributed by atoms with Crippen molar-refractivity contribution in [2.24, 2.45) is 0 Å². The minimum Gasteiger partial charge on any atom is -0.309 e. The standard InChI is InChI=1S/C48H32N2/c1-3-11-33(12-4-1)35-19-25-39(26-20-35)49-45-17-9-7-15-41(45)43-31-37(23-29-47(43)49)38-24-30-48-44(32-38)42-16-8-10-18-46(42)50(48)40-27-21-36(22-28-40)34-13-5-2-6-14-34/h1-32H/i1D,2D,3D,4D,5D,6D,7D,8D,9D,10D,11D,12D,13D,15D,16D,17D,18D,19D,20D,21D,22D,23D,24D,25D,26D,27D,28D,29D,30D,31D,32D. The van der Waals surface area contributed by atoms with Gasteiger partial charge in [0, 0.05) is 32.9 Å². The maximum atomic E-state index is 9.84. The molecule has 2 nitrogen and oxygen atoms in total. The van der Waals surface area contributed by atoms with Gasteiger partial charge in [-0.2, -0.15) is 0 Å². The van der Waals surface area contributed by atoms with E-state index in [1.807, 2.05) is 0 Å². The first-order chi connectivity index (χ1) is 37.7. The highest BCUT2D eigenvalue weighted by Gasteiger charge is 2.16. The van der Waals surface area contributed by atoms with Gasteiger partial charge in [-0.3, -0.25) is 0 Å². The Morgan fingerprint density at radius 3 is 1.20 bits per heavy atom. The first kappa shape index (κ1) is 11.2. The van der Waals surface area contributed by atoms with E-state index in [9.17, 15) is 13.7 Å². The van der Waals surface area contributed by atoms with Crippen LogP contribution < -0.4 is 0 Å². The average Bonchev–Trinajstić information content (AvgIpc) is 3.43. The Morgan fingerprint density at radius 1 is 0.280 bits per heavy atom. The van der Waals surface area contributed by atoms with Crippen molar-refractivity contribution >= 4 is 43.6 Å². The van der Waals surface area contributed by atoms with Gasteiger partial charge in [-0.15, -0.1) is 0 Å². The first-order valence-electron chi connectivity index (χ1n) is 30.2. The molecule has 0 N–H and O–H groups in total. The molecule has 0 aliphatic heterocycles. The number of rotatable bonds is 5. The Morgan fingerprint density at radius 2 is 0.660 bits per heavy atom. The molecule has 0 aliphatic carbocycles. The maximum absolute atomic E-state index is 9.84. The van der Waals surface area contributed by atoms with Gasteiger partial charge in [-0.1, -0.05) is 133 Å². The molecule has 0 saturated carbocycles. The van der Waals surface area contributed by atoms with E-state index < -0.39 is 276 Å². The Hall–Kier alpha value is -6.64. The van der Waals surface area contributed by atoms with Crippen LogP contribution in [-0.2, 0) is 0 Å². The van der Waals surface area contributed by atoms with E-state index in [0.29, 0.717) is 9.13 Å². The van der Waals surface area contributed by atoms with Gasteiger partial charge < -0.3 is 9.13 Å². The first-order valence-corrected chi connectivity index (χ1v) is 14.7. The zero-order chi connectivity index (χ0) is 60.0. The van der Waals surface area contributed by atoms with Crippen molar-refractivity contribution in [1.29, 1.82) is 0 Å². The van der Waals surface area contributed by atoms with E-state index in [0.717, 1.165) is 6.07 Å². The van der Waals surface area contributed by atoms with Gasteiger partial charge in [0.1, 0.15) is 0 Å². The van der Waals surface area contributed by atoms with Crippen LogP contribution in [0, 0.1) is 0 Å². The van der Waals surface area contributed by atoms with E-state index in [1.54, 1.807) is 0 Å². The summed E-state index contributed by atoms with van der Waals surface area (Å²) < 4.78 is 278. The zero-order valence-corrected chi connectivity index (χ0v) is 25.0. The van der Waals surface area contributed by atoms with Crippen LogP contribution in [-0.4, -0.2) is 9.13 Å². The fraction of sp³-hybridized carbons (Fsp3) is 0. The number of nitrogens with zero attached hydrogens (tertiary/aromatic N) is 2. The van der Waals surface area contributed by atoms with Gasteiger partial charge in [0.05, 0.1) is 64.6 Å². The number of aromatic nitrogens is 2. The quantitative estimate of drug-likeness (QED) is 0.173. The van der Waals surface area contributed by atoms with Crippen LogP contribution >= 0.6 is 0 Å². The van der Waals surface area contributed by atoms with Crippen LogP contribution in [0.15, 0.2) is 193 Å². The molecule has 2 heteroatoms. The Kier molecular flexibility index (Phi) is 2.58. The number of para-hydroxylation sites is 2. The normalized spacial score (nSPS) is 20.3. The lowest BCUT2D eigenvalue weighted by Crippen LogP contribution is -1.94. The van der Waals surface area contributed by atoms with Crippen LogP contribution in [0.4, 0.5) is 0 Å². The second-order valence-corrected chi connectivity index (χ2v) is 10.6. The molecule has 10 rings (SSSR count). The number of hydrogen-bond donors (Lipinski definition) is 0. The highest BCUT2D eigenvalue weighted by molar-refractivity contribution is 6.12. The molecule has 0 atom stereocenters. The van der Waals surface area contributed by atoms with Crippen molar-refractivity contribution < 1.29 is 42.5 Å². The second kappa shape index (κ2) is 11.5.